The Balaban J connectivity index is 3.02. The number of aromatic carboxylic acids is 1. The van der Waals surface area contributed by atoms with Gasteiger partial charge in [0.25, 0.3) is 5.56 Å². The highest BCUT2D eigenvalue weighted by Crippen LogP contribution is 2.23. The van der Waals surface area contributed by atoms with Crippen molar-refractivity contribution in [3.8, 4) is 0 Å². The Morgan fingerprint density at radius 1 is 1.44 bits per heavy atom. The third kappa shape index (κ3) is 1.57. The number of halogens is 1. The molecule has 2 aromatic rings. The molecular formula is C10H7BrN2O3. The van der Waals surface area contributed by atoms with Crippen LogP contribution in [0.5, 0.6) is 0 Å². The summed E-state index contributed by atoms with van der Waals surface area (Å²) in [5, 5.41) is 9.43. The highest BCUT2D eigenvalue weighted by atomic mass is 79.9. The Bertz CT molecular complexity index is 648. The van der Waals surface area contributed by atoms with Gasteiger partial charge in [0.15, 0.2) is 0 Å². The number of carboxylic acids is 1. The molecule has 0 spiro atoms. The van der Waals surface area contributed by atoms with Crippen molar-refractivity contribution in [2.45, 2.75) is 0 Å². The minimum atomic E-state index is -1.22. The molecule has 1 heterocycles. The second-order valence-corrected chi connectivity index (χ2v) is 4.15. The van der Waals surface area contributed by atoms with E-state index in [1.165, 1.54) is 0 Å². The van der Waals surface area contributed by atoms with Crippen molar-refractivity contribution in [3.05, 3.63) is 38.6 Å². The van der Waals surface area contributed by atoms with Gasteiger partial charge in [0.1, 0.15) is 5.69 Å². The zero-order chi connectivity index (χ0) is 11.9. The van der Waals surface area contributed by atoms with Crippen LogP contribution in [0.3, 0.4) is 0 Å². The minimum Gasteiger partial charge on any atom is -0.478 e. The summed E-state index contributed by atoms with van der Waals surface area (Å²) in [5.74, 6) is -1.22. The molecule has 0 radical (unpaired) electrons. The van der Waals surface area contributed by atoms with E-state index in [1.807, 2.05) is 0 Å². The first kappa shape index (κ1) is 10.7. The predicted octanol–water partition coefficient (Wildman–Crippen LogP) is 1.57. The molecule has 0 fully saturated rings. The predicted molar refractivity (Wildman–Crippen MR) is 63.6 cm³/mol. The Kier molecular flexibility index (Phi) is 2.43. The van der Waals surface area contributed by atoms with Crippen LogP contribution < -0.4 is 11.3 Å². The number of hydrogen-bond donors (Lipinski definition) is 3. The summed E-state index contributed by atoms with van der Waals surface area (Å²) in [4.78, 5) is 25.0. The number of H-pyrrole nitrogens is 1. The Labute approximate surface area is 98.0 Å². The number of rotatable bonds is 1. The fourth-order valence-electron chi connectivity index (χ4n) is 1.51. The molecule has 0 bridgehead atoms. The Hall–Kier alpha value is -1.82. The van der Waals surface area contributed by atoms with E-state index < -0.39 is 11.5 Å². The first-order valence-corrected chi connectivity index (χ1v) is 5.14. The molecule has 0 aliphatic rings. The minimum absolute atomic E-state index is 0.167. The van der Waals surface area contributed by atoms with E-state index in [9.17, 15) is 9.59 Å². The lowest BCUT2D eigenvalue weighted by Gasteiger charge is -2.05. The maximum Gasteiger partial charge on any atom is 0.338 e. The molecule has 0 saturated heterocycles. The normalized spacial score (nSPS) is 10.6. The monoisotopic (exact) mass is 282 g/mol. The number of carbonyl (C=O) groups is 1. The van der Waals surface area contributed by atoms with E-state index in [0.29, 0.717) is 15.4 Å². The molecule has 6 heteroatoms. The lowest BCUT2D eigenvalue weighted by Crippen LogP contribution is -2.17. The Morgan fingerprint density at radius 3 is 2.75 bits per heavy atom. The van der Waals surface area contributed by atoms with Gasteiger partial charge < -0.3 is 15.8 Å². The molecule has 0 aliphatic heterocycles. The molecule has 2 rings (SSSR count). The van der Waals surface area contributed by atoms with Crippen LogP contribution in [-0.4, -0.2) is 16.1 Å². The molecule has 16 heavy (non-hydrogen) atoms. The van der Waals surface area contributed by atoms with Crippen LogP contribution >= 0.6 is 15.9 Å². The molecule has 0 aliphatic carbocycles. The maximum atomic E-state index is 11.4. The summed E-state index contributed by atoms with van der Waals surface area (Å²) < 4.78 is 0.717. The molecule has 1 aromatic heterocycles. The summed E-state index contributed by atoms with van der Waals surface area (Å²) in [6, 6.07) is 4.93. The van der Waals surface area contributed by atoms with E-state index in [4.69, 9.17) is 10.8 Å². The van der Waals surface area contributed by atoms with Gasteiger partial charge in [-0.1, -0.05) is 15.9 Å². The SMILES string of the molecule is Nc1c(C(=O)O)c2cc(Br)ccc2[nH]c1=O. The first-order valence-electron chi connectivity index (χ1n) is 4.35. The van der Waals surface area contributed by atoms with E-state index in [-0.39, 0.29) is 11.3 Å². The lowest BCUT2D eigenvalue weighted by atomic mass is 10.1. The van der Waals surface area contributed by atoms with E-state index in [0.717, 1.165) is 0 Å². The molecule has 0 saturated carbocycles. The van der Waals surface area contributed by atoms with Crippen LogP contribution in [0.25, 0.3) is 10.9 Å². The Morgan fingerprint density at radius 2 is 2.12 bits per heavy atom. The molecule has 82 valence electrons. The third-order valence-electron chi connectivity index (χ3n) is 2.23. The van der Waals surface area contributed by atoms with Crippen LogP contribution in [0.4, 0.5) is 5.69 Å². The fraction of sp³-hybridized carbons (Fsp3) is 0. The molecule has 5 nitrogen and oxygen atoms in total. The number of fused-ring (bicyclic) bond motifs is 1. The number of nitrogens with one attached hydrogen (secondary N) is 1. The molecule has 0 amide bonds. The largest absolute Gasteiger partial charge is 0.478 e. The van der Waals surface area contributed by atoms with Gasteiger partial charge >= 0.3 is 5.97 Å². The van der Waals surface area contributed by atoms with E-state index in [2.05, 4.69) is 20.9 Å². The van der Waals surface area contributed by atoms with E-state index >= 15 is 0 Å². The highest BCUT2D eigenvalue weighted by Gasteiger charge is 2.16. The molecular weight excluding hydrogens is 276 g/mol. The second kappa shape index (κ2) is 3.64. The van der Waals surface area contributed by atoms with Crippen molar-refractivity contribution in [3.63, 3.8) is 0 Å². The fourth-order valence-corrected chi connectivity index (χ4v) is 1.87. The topological polar surface area (TPSA) is 96.2 Å². The number of carboxylic acid groups (broad SMARTS) is 1. The third-order valence-corrected chi connectivity index (χ3v) is 2.72. The van der Waals surface area contributed by atoms with Crippen LogP contribution in [0.15, 0.2) is 27.5 Å². The number of anilines is 1. The van der Waals surface area contributed by atoms with Gasteiger partial charge in [-0.25, -0.2) is 4.79 Å². The van der Waals surface area contributed by atoms with Crippen molar-refractivity contribution in [1.82, 2.24) is 4.98 Å². The standard InChI is InChI=1S/C10H7BrN2O3/c11-4-1-2-6-5(3-4)7(10(15)16)8(12)9(14)13-6/h1-3H,12H2,(H,13,14)(H,15,16). The van der Waals surface area contributed by atoms with Gasteiger partial charge in [-0.05, 0) is 18.2 Å². The average Bonchev–Trinajstić information content (AvgIpc) is 2.20. The smallest absolute Gasteiger partial charge is 0.338 e. The number of aromatic amines is 1. The van der Waals surface area contributed by atoms with Gasteiger partial charge in [0, 0.05) is 15.4 Å². The number of hydrogen-bond acceptors (Lipinski definition) is 3. The van der Waals surface area contributed by atoms with Crippen molar-refractivity contribution < 1.29 is 9.90 Å². The van der Waals surface area contributed by atoms with Crippen molar-refractivity contribution >= 4 is 38.5 Å². The summed E-state index contributed by atoms with van der Waals surface area (Å²) in [6.45, 7) is 0. The molecule has 1 aromatic carbocycles. The first-order chi connectivity index (χ1) is 7.50. The van der Waals surface area contributed by atoms with Gasteiger partial charge in [-0.3, -0.25) is 4.79 Å². The summed E-state index contributed by atoms with van der Waals surface area (Å²) in [5.41, 5.74) is 4.87. The van der Waals surface area contributed by atoms with Crippen molar-refractivity contribution in [2.75, 3.05) is 5.73 Å². The van der Waals surface area contributed by atoms with E-state index in [1.54, 1.807) is 18.2 Å². The highest BCUT2D eigenvalue weighted by molar-refractivity contribution is 9.10. The average molecular weight is 283 g/mol. The number of benzene rings is 1. The van der Waals surface area contributed by atoms with Crippen molar-refractivity contribution in [1.29, 1.82) is 0 Å². The second-order valence-electron chi connectivity index (χ2n) is 3.24. The van der Waals surface area contributed by atoms with Crippen LogP contribution in [0, 0.1) is 0 Å². The zero-order valence-corrected chi connectivity index (χ0v) is 9.54. The van der Waals surface area contributed by atoms with Gasteiger partial charge in [0.05, 0.1) is 5.56 Å². The summed E-state index contributed by atoms with van der Waals surface area (Å²) in [7, 11) is 0. The number of nitrogens with two attached hydrogens (primary N) is 1. The lowest BCUT2D eigenvalue weighted by molar-refractivity contribution is 0.0700. The number of pyridine rings is 1. The molecule has 0 atom stereocenters. The van der Waals surface area contributed by atoms with Gasteiger partial charge in [-0.2, -0.15) is 0 Å². The summed E-state index contributed by atoms with van der Waals surface area (Å²) in [6.07, 6.45) is 0. The quantitative estimate of drug-likeness (QED) is 0.740. The van der Waals surface area contributed by atoms with Crippen LogP contribution in [0.1, 0.15) is 10.4 Å². The van der Waals surface area contributed by atoms with Crippen LogP contribution in [0.2, 0.25) is 0 Å². The maximum absolute atomic E-state index is 11.4. The molecule has 4 N–H and O–H groups in total. The van der Waals surface area contributed by atoms with Gasteiger partial charge in [-0.15, -0.1) is 0 Å². The zero-order valence-electron chi connectivity index (χ0n) is 7.95. The van der Waals surface area contributed by atoms with Crippen molar-refractivity contribution in [2.24, 2.45) is 0 Å². The number of nitrogen functional groups attached to an aromatic ring is 1. The number of aromatic nitrogens is 1. The molecule has 0 unspecified atom stereocenters. The van der Waals surface area contributed by atoms with Crippen LogP contribution in [-0.2, 0) is 0 Å². The van der Waals surface area contributed by atoms with Gasteiger partial charge in [0.2, 0.25) is 0 Å². The summed E-state index contributed by atoms with van der Waals surface area (Å²) >= 11 is 3.23.